The van der Waals surface area contributed by atoms with E-state index in [0.29, 0.717) is 38.5 Å². The molecule has 2 fully saturated rings. The highest BCUT2D eigenvalue weighted by Crippen LogP contribution is 2.27. The van der Waals surface area contributed by atoms with Crippen LogP contribution in [0.5, 0.6) is 0 Å². The highest BCUT2D eigenvalue weighted by Gasteiger charge is 2.27. The van der Waals surface area contributed by atoms with Crippen LogP contribution < -0.4 is 0 Å². The molecule has 1 aliphatic carbocycles. The lowest BCUT2D eigenvalue weighted by molar-refractivity contribution is -0.140. The van der Waals surface area contributed by atoms with Crippen molar-refractivity contribution >= 4 is 21.8 Å². The zero-order chi connectivity index (χ0) is 18.4. The van der Waals surface area contributed by atoms with Crippen LogP contribution in [0.1, 0.15) is 44.9 Å². The second-order valence-corrected chi connectivity index (χ2v) is 9.62. The molecular weight excluding hydrogens is 342 g/mol. The van der Waals surface area contributed by atoms with Crippen LogP contribution in [-0.2, 0) is 19.6 Å². The van der Waals surface area contributed by atoms with Gasteiger partial charge in [0.05, 0.1) is 5.75 Å². The standard InChI is InChI=1S/C17H31N3O4S/c1-18(2)25(23,24)13-8-16(21)19-9-11-20(12-10-19)17(22)14-15-6-4-3-5-7-15/h15H,3-14H2,1-2H3. The van der Waals surface area contributed by atoms with Crippen LogP contribution in [0.2, 0.25) is 0 Å². The van der Waals surface area contributed by atoms with E-state index in [2.05, 4.69) is 0 Å². The lowest BCUT2D eigenvalue weighted by Gasteiger charge is -2.36. The van der Waals surface area contributed by atoms with Gasteiger partial charge in [-0.25, -0.2) is 12.7 Å². The Kier molecular flexibility index (Phi) is 7.25. The molecule has 144 valence electrons. The van der Waals surface area contributed by atoms with Gasteiger partial charge in [-0.15, -0.1) is 0 Å². The molecule has 2 amide bonds. The van der Waals surface area contributed by atoms with Gasteiger partial charge in [0.25, 0.3) is 0 Å². The second-order valence-electron chi connectivity index (χ2n) is 7.32. The van der Waals surface area contributed by atoms with E-state index in [1.165, 1.54) is 33.4 Å². The van der Waals surface area contributed by atoms with Gasteiger partial charge in [-0.1, -0.05) is 19.3 Å². The number of carbonyl (C=O) groups excluding carboxylic acids is 2. The Morgan fingerprint density at radius 1 is 0.920 bits per heavy atom. The minimum Gasteiger partial charge on any atom is -0.339 e. The van der Waals surface area contributed by atoms with Gasteiger partial charge in [-0.3, -0.25) is 9.59 Å². The first-order valence-corrected chi connectivity index (χ1v) is 10.9. The molecule has 1 heterocycles. The van der Waals surface area contributed by atoms with Crippen LogP contribution >= 0.6 is 0 Å². The van der Waals surface area contributed by atoms with Crippen LogP contribution in [0.3, 0.4) is 0 Å². The highest BCUT2D eigenvalue weighted by atomic mass is 32.2. The Hall–Kier alpha value is -1.15. The molecule has 2 aliphatic rings. The first-order valence-electron chi connectivity index (χ1n) is 9.25. The van der Waals surface area contributed by atoms with E-state index in [9.17, 15) is 18.0 Å². The lowest BCUT2D eigenvalue weighted by Crippen LogP contribution is -2.51. The van der Waals surface area contributed by atoms with Crippen LogP contribution in [0.25, 0.3) is 0 Å². The number of rotatable bonds is 6. The fourth-order valence-electron chi connectivity index (χ4n) is 3.53. The number of sulfonamides is 1. The van der Waals surface area contributed by atoms with Crippen molar-refractivity contribution in [3.63, 3.8) is 0 Å². The van der Waals surface area contributed by atoms with Gasteiger partial charge in [0.2, 0.25) is 21.8 Å². The fourth-order valence-corrected chi connectivity index (χ4v) is 4.33. The molecule has 0 spiro atoms. The van der Waals surface area contributed by atoms with E-state index in [4.69, 9.17) is 0 Å². The van der Waals surface area contributed by atoms with Gasteiger partial charge >= 0.3 is 0 Å². The first kappa shape index (κ1) is 20.2. The molecule has 1 saturated heterocycles. The molecule has 0 atom stereocenters. The van der Waals surface area contributed by atoms with E-state index >= 15 is 0 Å². The summed E-state index contributed by atoms with van der Waals surface area (Å²) in [5, 5.41) is 0. The zero-order valence-corrected chi connectivity index (χ0v) is 16.3. The maximum absolute atomic E-state index is 12.4. The molecule has 0 unspecified atom stereocenters. The Balaban J connectivity index is 1.73. The highest BCUT2D eigenvalue weighted by molar-refractivity contribution is 7.89. The predicted octanol–water partition coefficient (Wildman–Crippen LogP) is 0.909. The van der Waals surface area contributed by atoms with Crippen molar-refractivity contribution in [1.29, 1.82) is 0 Å². The van der Waals surface area contributed by atoms with Gasteiger partial charge in [0, 0.05) is 53.1 Å². The Bertz CT molecular complexity index is 562. The number of hydrogen-bond donors (Lipinski definition) is 0. The average molecular weight is 374 g/mol. The average Bonchev–Trinajstić information content (AvgIpc) is 2.60. The van der Waals surface area contributed by atoms with Gasteiger partial charge in [-0.2, -0.15) is 0 Å². The number of piperazine rings is 1. The smallest absolute Gasteiger partial charge is 0.223 e. The molecule has 0 aromatic heterocycles. The molecule has 0 N–H and O–H groups in total. The largest absolute Gasteiger partial charge is 0.339 e. The third-order valence-corrected chi connectivity index (χ3v) is 7.14. The third kappa shape index (κ3) is 5.95. The molecular formula is C17H31N3O4S. The minimum absolute atomic E-state index is 0.00344. The van der Waals surface area contributed by atoms with Gasteiger partial charge < -0.3 is 9.80 Å². The number of hydrogen-bond acceptors (Lipinski definition) is 4. The molecule has 0 aromatic rings. The Labute approximate surface area is 151 Å². The zero-order valence-electron chi connectivity index (χ0n) is 15.4. The van der Waals surface area contributed by atoms with Crippen molar-refractivity contribution in [3.8, 4) is 0 Å². The SMILES string of the molecule is CN(C)S(=O)(=O)CCC(=O)N1CCN(C(=O)CC2CCCCC2)CC1. The molecule has 25 heavy (non-hydrogen) atoms. The van der Waals surface area contributed by atoms with Crippen LogP contribution in [-0.4, -0.2) is 80.4 Å². The molecule has 0 radical (unpaired) electrons. The van der Waals surface area contributed by atoms with Crippen molar-refractivity contribution in [3.05, 3.63) is 0 Å². The molecule has 0 aromatic carbocycles. The normalized spacial score (nSPS) is 20.1. The summed E-state index contributed by atoms with van der Waals surface area (Å²) in [7, 11) is -0.414. The number of amides is 2. The molecule has 8 heteroatoms. The van der Waals surface area contributed by atoms with Crippen molar-refractivity contribution in [2.45, 2.75) is 44.9 Å². The summed E-state index contributed by atoms with van der Waals surface area (Å²) in [6, 6.07) is 0. The van der Waals surface area contributed by atoms with E-state index in [0.717, 1.165) is 17.1 Å². The van der Waals surface area contributed by atoms with Crippen molar-refractivity contribution in [2.75, 3.05) is 46.0 Å². The predicted molar refractivity (Wildman–Crippen MR) is 96.4 cm³/mol. The van der Waals surface area contributed by atoms with Gasteiger partial charge in [0.1, 0.15) is 0 Å². The molecule has 0 bridgehead atoms. The van der Waals surface area contributed by atoms with E-state index in [1.54, 1.807) is 4.90 Å². The maximum Gasteiger partial charge on any atom is 0.223 e. The maximum atomic E-state index is 12.4. The Morgan fingerprint density at radius 2 is 1.44 bits per heavy atom. The van der Waals surface area contributed by atoms with Crippen LogP contribution in [0, 0.1) is 5.92 Å². The van der Waals surface area contributed by atoms with Gasteiger partial charge in [0.15, 0.2) is 0 Å². The molecule has 1 saturated carbocycles. The number of nitrogens with zero attached hydrogens (tertiary/aromatic N) is 3. The second kappa shape index (κ2) is 8.98. The number of carbonyl (C=O) groups is 2. The topological polar surface area (TPSA) is 78.0 Å². The fraction of sp³-hybridized carbons (Fsp3) is 0.882. The van der Waals surface area contributed by atoms with E-state index < -0.39 is 10.0 Å². The lowest BCUT2D eigenvalue weighted by atomic mass is 9.86. The Morgan fingerprint density at radius 3 is 1.96 bits per heavy atom. The molecule has 1 aliphatic heterocycles. The summed E-state index contributed by atoms with van der Waals surface area (Å²) in [6.07, 6.45) is 6.70. The minimum atomic E-state index is -3.35. The van der Waals surface area contributed by atoms with E-state index in [-0.39, 0.29) is 24.0 Å². The summed E-state index contributed by atoms with van der Waals surface area (Å²) >= 11 is 0. The van der Waals surface area contributed by atoms with Crippen LogP contribution in [0.4, 0.5) is 0 Å². The summed E-state index contributed by atoms with van der Waals surface area (Å²) in [6.45, 7) is 2.10. The van der Waals surface area contributed by atoms with Crippen molar-refractivity contribution in [1.82, 2.24) is 14.1 Å². The van der Waals surface area contributed by atoms with Crippen LogP contribution in [0.15, 0.2) is 0 Å². The summed E-state index contributed by atoms with van der Waals surface area (Å²) in [5.74, 6) is 0.413. The first-order chi connectivity index (χ1) is 11.8. The monoisotopic (exact) mass is 373 g/mol. The summed E-state index contributed by atoms with van der Waals surface area (Å²) in [5.41, 5.74) is 0. The molecule has 7 nitrogen and oxygen atoms in total. The van der Waals surface area contributed by atoms with E-state index in [1.807, 2.05) is 4.90 Å². The van der Waals surface area contributed by atoms with Crippen molar-refractivity contribution < 1.29 is 18.0 Å². The van der Waals surface area contributed by atoms with Gasteiger partial charge in [-0.05, 0) is 18.8 Å². The summed E-state index contributed by atoms with van der Waals surface area (Å²) < 4.78 is 24.6. The molecule has 2 rings (SSSR count). The summed E-state index contributed by atoms with van der Waals surface area (Å²) in [4.78, 5) is 28.1. The third-order valence-electron chi connectivity index (χ3n) is 5.30. The quantitative estimate of drug-likeness (QED) is 0.693. The van der Waals surface area contributed by atoms with Crippen molar-refractivity contribution in [2.24, 2.45) is 5.92 Å².